The maximum Gasteiger partial charge on any atom is 0.251 e. The van der Waals surface area contributed by atoms with Gasteiger partial charge >= 0.3 is 0 Å². The molecule has 1 atom stereocenters. The smallest absolute Gasteiger partial charge is 0.251 e. The molecule has 1 unspecified atom stereocenters. The molecule has 0 radical (unpaired) electrons. The number of nitrogens with one attached hydrogen (secondary N) is 2. The zero-order chi connectivity index (χ0) is 15.1. The molecule has 0 aromatic heterocycles. The van der Waals surface area contributed by atoms with E-state index in [0.29, 0.717) is 17.7 Å². The van der Waals surface area contributed by atoms with Crippen LogP contribution >= 0.6 is 23.2 Å². The highest BCUT2D eigenvalue weighted by atomic mass is 35.5. The summed E-state index contributed by atoms with van der Waals surface area (Å²) >= 11 is 12.0. The predicted octanol–water partition coefficient (Wildman–Crippen LogP) is 2.88. The molecule has 2 N–H and O–H groups in total. The molecule has 1 aromatic carbocycles. The lowest BCUT2D eigenvalue weighted by Crippen LogP contribution is -2.26. The first kappa shape index (κ1) is 15.1. The summed E-state index contributed by atoms with van der Waals surface area (Å²) in [4.78, 5) is 23.8. The Labute approximate surface area is 127 Å². The van der Waals surface area contributed by atoms with Crippen LogP contribution in [0, 0.1) is 12.3 Å². The number of hydrogen-bond donors (Lipinski definition) is 2. The fourth-order valence-corrected chi connectivity index (χ4v) is 2.65. The number of rotatable bonds is 3. The first-order valence-electron chi connectivity index (χ1n) is 6.23. The van der Waals surface area contributed by atoms with Crippen LogP contribution in [0.5, 0.6) is 0 Å². The molecule has 0 bridgehead atoms. The van der Waals surface area contributed by atoms with Crippen molar-refractivity contribution in [3.8, 4) is 0 Å². The minimum absolute atomic E-state index is 0.206. The van der Waals surface area contributed by atoms with Gasteiger partial charge in [-0.2, -0.15) is 0 Å². The van der Waals surface area contributed by atoms with Gasteiger partial charge in [0, 0.05) is 18.3 Å². The van der Waals surface area contributed by atoms with Crippen LogP contribution in [-0.4, -0.2) is 23.2 Å². The van der Waals surface area contributed by atoms with Gasteiger partial charge in [-0.25, -0.2) is 0 Å². The molecule has 1 aliphatic rings. The monoisotopic (exact) mass is 314 g/mol. The lowest BCUT2D eigenvalue weighted by Gasteiger charge is -2.15. The van der Waals surface area contributed by atoms with Gasteiger partial charge in [-0.05, 0) is 38.0 Å². The quantitative estimate of drug-likeness (QED) is 0.843. The number of carbonyl (C=O) groups excluding carboxylic acids is 2. The number of amides is 2. The highest BCUT2D eigenvalue weighted by Crippen LogP contribution is 2.64. The minimum atomic E-state index is -1.01. The van der Waals surface area contributed by atoms with Gasteiger partial charge in [-0.15, -0.1) is 23.2 Å². The Morgan fingerprint density at radius 1 is 1.30 bits per heavy atom. The van der Waals surface area contributed by atoms with E-state index in [9.17, 15) is 9.59 Å². The molecule has 1 aliphatic carbocycles. The van der Waals surface area contributed by atoms with Crippen LogP contribution in [0.25, 0.3) is 0 Å². The fraction of sp³-hybridized carbons (Fsp3) is 0.429. The number of carbonyl (C=O) groups is 2. The third-order valence-electron chi connectivity index (χ3n) is 3.73. The number of halogens is 2. The van der Waals surface area contributed by atoms with Crippen molar-refractivity contribution < 1.29 is 9.59 Å². The van der Waals surface area contributed by atoms with Crippen molar-refractivity contribution in [1.82, 2.24) is 5.32 Å². The van der Waals surface area contributed by atoms with E-state index in [2.05, 4.69) is 10.6 Å². The standard InChI is InChI=1S/C14H16Cl2N2O2/c1-8-4-5-9(11(19)17-3)6-10(8)18-12(20)13(2)7-14(13,15)16/h4-6H,7H2,1-3H3,(H,17,19)(H,18,20). The minimum Gasteiger partial charge on any atom is -0.355 e. The van der Waals surface area contributed by atoms with E-state index < -0.39 is 9.75 Å². The Morgan fingerprint density at radius 3 is 2.40 bits per heavy atom. The summed E-state index contributed by atoms with van der Waals surface area (Å²) in [7, 11) is 1.56. The predicted molar refractivity (Wildman–Crippen MR) is 80.4 cm³/mol. The van der Waals surface area contributed by atoms with E-state index in [-0.39, 0.29) is 11.8 Å². The molecule has 1 aromatic rings. The van der Waals surface area contributed by atoms with Crippen LogP contribution in [0.3, 0.4) is 0 Å². The molecule has 1 fully saturated rings. The first-order valence-corrected chi connectivity index (χ1v) is 6.99. The third-order valence-corrected chi connectivity index (χ3v) is 4.84. The zero-order valence-corrected chi connectivity index (χ0v) is 13.0. The first-order chi connectivity index (χ1) is 9.21. The molecule has 0 spiro atoms. The largest absolute Gasteiger partial charge is 0.355 e. The Kier molecular flexibility index (Phi) is 3.73. The molecule has 0 saturated heterocycles. The Hall–Kier alpha value is -1.26. The van der Waals surface area contributed by atoms with Gasteiger partial charge in [-0.1, -0.05) is 6.07 Å². The number of alkyl halides is 2. The van der Waals surface area contributed by atoms with E-state index in [0.717, 1.165) is 5.56 Å². The van der Waals surface area contributed by atoms with Crippen molar-refractivity contribution in [2.24, 2.45) is 5.41 Å². The van der Waals surface area contributed by atoms with Crippen molar-refractivity contribution in [3.63, 3.8) is 0 Å². The number of hydrogen-bond acceptors (Lipinski definition) is 2. The van der Waals surface area contributed by atoms with Crippen LogP contribution < -0.4 is 10.6 Å². The second-order valence-electron chi connectivity index (χ2n) is 5.28. The topological polar surface area (TPSA) is 58.2 Å². The average Bonchev–Trinajstić information content (AvgIpc) is 2.91. The molecule has 20 heavy (non-hydrogen) atoms. The van der Waals surface area contributed by atoms with Gasteiger partial charge in [0.05, 0.1) is 5.41 Å². The SMILES string of the molecule is CNC(=O)c1ccc(C)c(NC(=O)C2(C)CC2(Cl)Cl)c1. The normalized spacial score (nSPS) is 23.1. The van der Waals surface area contributed by atoms with Crippen LogP contribution in [-0.2, 0) is 4.79 Å². The Morgan fingerprint density at radius 2 is 1.90 bits per heavy atom. The number of benzene rings is 1. The summed E-state index contributed by atoms with van der Waals surface area (Å²) < 4.78 is -1.01. The van der Waals surface area contributed by atoms with E-state index in [1.165, 1.54) is 0 Å². The van der Waals surface area contributed by atoms with Crippen LogP contribution in [0.4, 0.5) is 5.69 Å². The maximum atomic E-state index is 12.2. The van der Waals surface area contributed by atoms with Gasteiger partial charge < -0.3 is 10.6 Å². The summed E-state index contributed by atoms with van der Waals surface area (Å²) in [5.41, 5.74) is 1.15. The molecule has 0 heterocycles. The number of anilines is 1. The van der Waals surface area contributed by atoms with E-state index in [4.69, 9.17) is 23.2 Å². The molecule has 1 saturated carbocycles. The average molecular weight is 315 g/mol. The van der Waals surface area contributed by atoms with E-state index in [1.54, 1.807) is 32.2 Å². The second-order valence-corrected chi connectivity index (χ2v) is 6.76. The van der Waals surface area contributed by atoms with E-state index in [1.807, 2.05) is 6.92 Å². The van der Waals surface area contributed by atoms with Gasteiger partial charge in [0.2, 0.25) is 5.91 Å². The fourth-order valence-electron chi connectivity index (χ4n) is 1.95. The summed E-state index contributed by atoms with van der Waals surface area (Å²) in [6.45, 7) is 3.58. The third kappa shape index (κ3) is 2.50. The van der Waals surface area contributed by atoms with Crippen molar-refractivity contribution in [1.29, 1.82) is 0 Å². The van der Waals surface area contributed by atoms with Crippen LogP contribution in [0.2, 0.25) is 0 Å². The lowest BCUT2D eigenvalue weighted by atomic mass is 10.1. The van der Waals surface area contributed by atoms with Crippen LogP contribution in [0.15, 0.2) is 18.2 Å². The summed E-state index contributed by atoms with van der Waals surface area (Å²) in [5, 5.41) is 5.34. The molecular weight excluding hydrogens is 299 g/mol. The Balaban J connectivity index is 2.22. The molecule has 6 heteroatoms. The van der Waals surface area contributed by atoms with Crippen LogP contribution in [0.1, 0.15) is 29.3 Å². The number of aryl methyl sites for hydroxylation is 1. The van der Waals surface area contributed by atoms with Crippen molar-refractivity contribution in [3.05, 3.63) is 29.3 Å². The zero-order valence-electron chi connectivity index (χ0n) is 11.5. The highest BCUT2D eigenvalue weighted by Gasteiger charge is 2.67. The van der Waals surface area contributed by atoms with E-state index >= 15 is 0 Å². The molecule has 0 aliphatic heterocycles. The van der Waals surface area contributed by atoms with Crippen molar-refractivity contribution >= 4 is 40.7 Å². The van der Waals surface area contributed by atoms with Gasteiger partial charge in [0.1, 0.15) is 4.33 Å². The van der Waals surface area contributed by atoms with Gasteiger partial charge in [-0.3, -0.25) is 9.59 Å². The molecule has 2 rings (SSSR count). The Bertz CT molecular complexity index is 587. The molecule has 108 valence electrons. The maximum absolute atomic E-state index is 12.2. The molecule has 4 nitrogen and oxygen atoms in total. The second kappa shape index (κ2) is 4.93. The van der Waals surface area contributed by atoms with Crippen molar-refractivity contribution in [2.75, 3.05) is 12.4 Å². The van der Waals surface area contributed by atoms with Gasteiger partial charge in [0.15, 0.2) is 0 Å². The lowest BCUT2D eigenvalue weighted by molar-refractivity contribution is -0.120. The van der Waals surface area contributed by atoms with Crippen molar-refractivity contribution in [2.45, 2.75) is 24.6 Å². The summed E-state index contributed by atoms with van der Waals surface area (Å²) in [5.74, 6) is -0.443. The molecule has 2 amide bonds. The molecular formula is C14H16Cl2N2O2. The highest BCUT2D eigenvalue weighted by molar-refractivity contribution is 6.53. The summed E-state index contributed by atoms with van der Waals surface area (Å²) in [6.07, 6.45) is 0.420. The summed E-state index contributed by atoms with van der Waals surface area (Å²) in [6, 6.07) is 5.13. The van der Waals surface area contributed by atoms with Gasteiger partial charge in [0.25, 0.3) is 5.91 Å².